The number of nitrogens with one attached hydrogen (secondary N) is 2. The number of hydrogen-bond acceptors (Lipinski definition) is 3. The fraction of sp³-hybridized carbons (Fsp3) is 0.474. The van der Waals surface area contributed by atoms with Gasteiger partial charge in [0.15, 0.2) is 5.96 Å². The molecule has 5 nitrogen and oxygen atoms in total. The van der Waals surface area contributed by atoms with Gasteiger partial charge in [-0.1, -0.05) is 32.0 Å². The molecule has 2 rings (SSSR count). The summed E-state index contributed by atoms with van der Waals surface area (Å²) in [4.78, 5) is 8.78. The van der Waals surface area contributed by atoms with E-state index in [9.17, 15) is 0 Å². The van der Waals surface area contributed by atoms with Gasteiger partial charge in [-0.15, -0.1) is 0 Å². The Morgan fingerprint density at radius 3 is 2.58 bits per heavy atom. The van der Waals surface area contributed by atoms with Crippen molar-refractivity contribution >= 4 is 5.96 Å². The van der Waals surface area contributed by atoms with E-state index in [1.807, 2.05) is 30.3 Å². The largest absolute Gasteiger partial charge is 0.444 e. The number of aliphatic imine (C=N–C) groups is 1. The Morgan fingerprint density at radius 2 is 1.92 bits per heavy atom. The minimum Gasteiger partial charge on any atom is -0.444 e. The van der Waals surface area contributed by atoms with Crippen molar-refractivity contribution in [3.8, 4) is 11.5 Å². The van der Waals surface area contributed by atoms with Gasteiger partial charge in [-0.3, -0.25) is 4.99 Å². The molecule has 1 aromatic carbocycles. The van der Waals surface area contributed by atoms with Gasteiger partial charge in [-0.25, -0.2) is 4.98 Å². The van der Waals surface area contributed by atoms with Crippen LogP contribution in [0.15, 0.2) is 46.0 Å². The summed E-state index contributed by atoms with van der Waals surface area (Å²) in [6, 6.07) is 10.3. The summed E-state index contributed by atoms with van der Waals surface area (Å²) in [6.45, 7) is 7.25. The average Bonchev–Trinajstić information content (AvgIpc) is 3.06. The molecule has 0 fully saturated rings. The summed E-state index contributed by atoms with van der Waals surface area (Å²) >= 11 is 0. The van der Waals surface area contributed by atoms with Crippen molar-refractivity contribution in [3.05, 3.63) is 42.3 Å². The van der Waals surface area contributed by atoms with E-state index in [4.69, 9.17) is 4.42 Å². The fourth-order valence-corrected chi connectivity index (χ4v) is 2.36. The molecule has 1 heterocycles. The Kier molecular flexibility index (Phi) is 6.85. The van der Waals surface area contributed by atoms with Crippen LogP contribution in [0.3, 0.4) is 0 Å². The maximum Gasteiger partial charge on any atom is 0.226 e. The SMILES string of the molecule is CN=C(NCc1coc(-c2ccccc2)n1)NC(C)CCC(C)C. The van der Waals surface area contributed by atoms with E-state index >= 15 is 0 Å². The van der Waals surface area contributed by atoms with Gasteiger partial charge in [0.2, 0.25) is 5.89 Å². The fourth-order valence-electron chi connectivity index (χ4n) is 2.36. The number of oxazole rings is 1. The first-order valence-electron chi connectivity index (χ1n) is 8.55. The normalized spacial score (nSPS) is 13.1. The Labute approximate surface area is 144 Å². The summed E-state index contributed by atoms with van der Waals surface area (Å²) in [7, 11) is 1.78. The second-order valence-electron chi connectivity index (χ2n) is 6.45. The molecule has 5 heteroatoms. The molecule has 1 atom stereocenters. The first kappa shape index (κ1) is 18.0. The second-order valence-corrected chi connectivity index (χ2v) is 6.45. The third-order valence-corrected chi connectivity index (χ3v) is 3.79. The molecule has 2 N–H and O–H groups in total. The van der Waals surface area contributed by atoms with Crippen molar-refractivity contribution < 1.29 is 4.42 Å². The molecule has 0 bridgehead atoms. The number of hydrogen-bond donors (Lipinski definition) is 2. The molecule has 0 amide bonds. The average molecular weight is 328 g/mol. The highest BCUT2D eigenvalue weighted by Gasteiger charge is 2.09. The lowest BCUT2D eigenvalue weighted by Crippen LogP contribution is -2.42. The van der Waals surface area contributed by atoms with Crippen molar-refractivity contribution in [2.24, 2.45) is 10.9 Å². The van der Waals surface area contributed by atoms with Gasteiger partial charge in [0.05, 0.1) is 12.2 Å². The van der Waals surface area contributed by atoms with Crippen molar-refractivity contribution in [2.75, 3.05) is 7.05 Å². The van der Waals surface area contributed by atoms with Crippen LogP contribution in [0.25, 0.3) is 11.5 Å². The van der Waals surface area contributed by atoms with E-state index < -0.39 is 0 Å². The molecule has 2 aromatic rings. The zero-order valence-electron chi connectivity index (χ0n) is 15.0. The van der Waals surface area contributed by atoms with Crippen LogP contribution in [0.4, 0.5) is 0 Å². The topological polar surface area (TPSA) is 62.5 Å². The summed E-state index contributed by atoms with van der Waals surface area (Å²) in [5.41, 5.74) is 1.83. The predicted molar refractivity (Wildman–Crippen MR) is 98.8 cm³/mol. The molecule has 0 aliphatic heterocycles. The molecule has 1 unspecified atom stereocenters. The summed E-state index contributed by atoms with van der Waals surface area (Å²) in [6.07, 6.45) is 4.01. The highest BCUT2D eigenvalue weighted by atomic mass is 16.3. The smallest absolute Gasteiger partial charge is 0.226 e. The molecule has 0 saturated carbocycles. The first-order chi connectivity index (χ1) is 11.6. The lowest BCUT2D eigenvalue weighted by Gasteiger charge is -2.18. The molecule has 24 heavy (non-hydrogen) atoms. The lowest BCUT2D eigenvalue weighted by atomic mass is 10.0. The van der Waals surface area contributed by atoms with Crippen molar-refractivity contribution in [1.29, 1.82) is 0 Å². The Bertz CT molecular complexity index is 634. The van der Waals surface area contributed by atoms with Crippen molar-refractivity contribution in [2.45, 2.75) is 46.2 Å². The number of guanidine groups is 1. The van der Waals surface area contributed by atoms with Crippen molar-refractivity contribution in [1.82, 2.24) is 15.6 Å². The molecule has 0 radical (unpaired) electrons. The van der Waals surface area contributed by atoms with Gasteiger partial charge in [-0.2, -0.15) is 0 Å². The van der Waals surface area contributed by atoms with E-state index in [1.165, 1.54) is 6.42 Å². The summed E-state index contributed by atoms with van der Waals surface area (Å²) in [5, 5.41) is 6.70. The highest BCUT2D eigenvalue weighted by Crippen LogP contribution is 2.17. The van der Waals surface area contributed by atoms with Crippen LogP contribution in [-0.4, -0.2) is 24.0 Å². The van der Waals surface area contributed by atoms with Gasteiger partial charge in [0.1, 0.15) is 6.26 Å². The Morgan fingerprint density at radius 1 is 1.17 bits per heavy atom. The molecule has 0 spiro atoms. The lowest BCUT2D eigenvalue weighted by molar-refractivity contribution is 0.489. The third kappa shape index (κ3) is 5.72. The highest BCUT2D eigenvalue weighted by molar-refractivity contribution is 5.79. The number of aromatic nitrogens is 1. The minimum absolute atomic E-state index is 0.385. The molecular weight excluding hydrogens is 300 g/mol. The van der Waals surface area contributed by atoms with Crippen LogP contribution in [0, 0.1) is 5.92 Å². The number of rotatable bonds is 7. The summed E-state index contributed by atoms with van der Waals surface area (Å²) in [5.74, 6) is 2.15. The van der Waals surface area contributed by atoms with Crippen LogP contribution in [0.2, 0.25) is 0 Å². The molecule has 1 aromatic heterocycles. The standard InChI is InChI=1S/C19H28N4O/c1-14(2)10-11-15(3)22-19(20-4)21-12-17-13-24-18(23-17)16-8-6-5-7-9-16/h5-9,13-15H,10-12H2,1-4H3,(H2,20,21,22). The second kappa shape index (κ2) is 9.11. The third-order valence-electron chi connectivity index (χ3n) is 3.79. The maximum atomic E-state index is 5.55. The van der Waals surface area contributed by atoms with Crippen molar-refractivity contribution in [3.63, 3.8) is 0 Å². The molecule has 0 aliphatic carbocycles. The van der Waals surface area contributed by atoms with E-state index in [2.05, 4.69) is 41.4 Å². The molecule has 0 aliphatic rings. The van der Waals surface area contributed by atoms with Crippen LogP contribution < -0.4 is 10.6 Å². The predicted octanol–water partition coefficient (Wildman–Crippen LogP) is 3.83. The molecular formula is C19H28N4O. The number of benzene rings is 1. The van der Waals surface area contributed by atoms with E-state index in [0.29, 0.717) is 18.5 Å². The zero-order chi connectivity index (χ0) is 17.4. The van der Waals surface area contributed by atoms with E-state index in [1.54, 1.807) is 13.3 Å². The minimum atomic E-state index is 0.385. The first-order valence-corrected chi connectivity index (χ1v) is 8.55. The van der Waals surface area contributed by atoms with Crippen LogP contribution in [-0.2, 0) is 6.54 Å². The van der Waals surface area contributed by atoms with Crippen LogP contribution in [0.1, 0.15) is 39.3 Å². The van der Waals surface area contributed by atoms with Gasteiger partial charge < -0.3 is 15.1 Å². The maximum absolute atomic E-state index is 5.55. The van der Waals surface area contributed by atoms with E-state index in [0.717, 1.165) is 29.6 Å². The Balaban J connectivity index is 1.84. The number of nitrogens with zero attached hydrogens (tertiary/aromatic N) is 2. The quantitative estimate of drug-likeness (QED) is 0.599. The Hall–Kier alpha value is -2.30. The molecule has 0 saturated heterocycles. The van der Waals surface area contributed by atoms with Gasteiger partial charge in [-0.05, 0) is 37.8 Å². The van der Waals surface area contributed by atoms with Gasteiger partial charge in [0, 0.05) is 18.7 Å². The summed E-state index contributed by atoms with van der Waals surface area (Å²) < 4.78 is 5.55. The zero-order valence-corrected chi connectivity index (χ0v) is 15.0. The monoisotopic (exact) mass is 328 g/mol. The van der Waals surface area contributed by atoms with Crippen LogP contribution in [0.5, 0.6) is 0 Å². The van der Waals surface area contributed by atoms with Crippen LogP contribution >= 0.6 is 0 Å². The van der Waals surface area contributed by atoms with E-state index in [-0.39, 0.29) is 0 Å². The molecule has 130 valence electrons. The van der Waals surface area contributed by atoms with Gasteiger partial charge in [0.25, 0.3) is 0 Å². The van der Waals surface area contributed by atoms with Gasteiger partial charge >= 0.3 is 0 Å².